The van der Waals surface area contributed by atoms with Crippen LogP contribution in [0.2, 0.25) is 0 Å². The molecule has 72 valence electrons. The first kappa shape index (κ1) is 8.53. The van der Waals surface area contributed by atoms with Gasteiger partial charge < -0.3 is 10.2 Å². The molecule has 0 heterocycles. The van der Waals surface area contributed by atoms with Gasteiger partial charge in [0, 0.05) is 0 Å². The van der Waals surface area contributed by atoms with Gasteiger partial charge in [0.25, 0.3) is 0 Å². The Balaban J connectivity index is 2.32. The van der Waals surface area contributed by atoms with Crippen molar-refractivity contribution in [3.63, 3.8) is 0 Å². The Labute approximate surface area is 75.6 Å². The summed E-state index contributed by atoms with van der Waals surface area (Å²) in [6.45, 7) is 0. The van der Waals surface area contributed by atoms with Crippen LogP contribution in [0.15, 0.2) is 0 Å². The Kier molecular flexibility index (Phi) is 1.62. The molecule has 4 heteroatoms. The molecule has 2 saturated carbocycles. The van der Waals surface area contributed by atoms with Crippen molar-refractivity contribution in [1.29, 1.82) is 0 Å². The number of rotatable bonds is 2. The van der Waals surface area contributed by atoms with Crippen molar-refractivity contribution in [2.45, 2.75) is 25.7 Å². The van der Waals surface area contributed by atoms with E-state index in [0.717, 1.165) is 6.42 Å². The molecule has 0 amide bonds. The van der Waals surface area contributed by atoms with E-state index in [4.69, 9.17) is 10.2 Å². The molecule has 3 atom stereocenters. The minimum atomic E-state index is -0.940. The summed E-state index contributed by atoms with van der Waals surface area (Å²) in [6, 6.07) is 0. The second-order valence-corrected chi connectivity index (χ2v) is 4.20. The van der Waals surface area contributed by atoms with Crippen LogP contribution < -0.4 is 0 Å². The van der Waals surface area contributed by atoms with Crippen LogP contribution in [0.25, 0.3) is 0 Å². The average Bonchev–Trinajstić information content (AvgIpc) is 2.60. The van der Waals surface area contributed by atoms with Crippen molar-refractivity contribution in [3.05, 3.63) is 0 Å². The smallest absolute Gasteiger partial charge is 0.310 e. The van der Waals surface area contributed by atoms with E-state index in [1.54, 1.807) is 0 Å². The summed E-state index contributed by atoms with van der Waals surface area (Å²) in [7, 11) is 0. The van der Waals surface area contributed by atoms with E-state index < -0.39 is 23.3 Å². The minimum Gasteiger partial charge on any atom is -0.481 e. The van der Waals surface area contributed by atoms with Crippen LogP contribution in [0.1, 0.15) is 25.7 Å². The lowest BCUT2D eigenvalue weighted by Gasteiger charge is -2.27. The number of fused-ring (bicyclic) bond motifs is 2. The summed E-state index contributed by atoms with van der Waals surface area (Å²) >= 11 is 0. The van der Waals surface area contributed by atoms with Crippen LogP contribution in [-0.4, -0.2) is 22.2 Å². The van der Waals surface area contributed by atoms with Gasteiger partial charge in [-0.15, -0.1) is 0 Å². The standard InChI is InChI=1S/C9H12O4/c10-7(11)6-3-5-1-2-9(6,4-5)8(12)13/h5-6H,1-4H2,(H,10,11)(H,12,13)/t5-,6+,9-/m1/s1. The molecule has 0 radical (unpaired) electrons. The maximum absolute atomic E-state index is 11.0. The van der Waals surface area contributed by atoms with E-state index in [1.807, 2.05) is 0 Å². The summed E-state index contributed by atoms with van der Waals surface area (Å²) < 4.78 is 0. The van der Waals surface area contributed by atoms with Gasteiger partial charge in [-0.05, 0) is 31.6 Å². The number of carbonyl (C=O) groups is 2. The first-order valence-electron chi connectivity index (χ1n) is 4.52. The quantitative estimate of drug-likeness (QED) is 0.670. The molecule has 4 nitrogen and oxygen atoms in total. The molecule has 0 saturated heterocycles. The molecular formula is C9H12O4. The summed E-state index contributed by atoms with van der Waals surface area (Å²) in [5.41, 5.74) is -0.934. The topological polar surface area (TPSA) is 74.6 Å². The minimum absolute atomic E-state index is 0.331. The first-order valence-corrected chi connectivity index (χ1v) is 4.52. The maximum Gasteiger partial charge on any atom is 0.310 e. The molecule has 0 aliphatic heterocycles. The Morgan fingerprint density at radius 1 is 1.31 bits per heavy atom. The van der Waals surface area contributed by atoms with Crippen LogP contribution in [0.4, 0.5) is 0 Å². The molecule has 0 unspecified atom stereocenters. The highest BCUT2D eigenvalue weighted by atomic mass is 16.4. The molecule has 2 rings (SSSR count). The number of carboxylic acid groups (broad SMARTS) is 2. The van der Waals surface area contributed by atoms with Gasteiger partial charge in [-0.2, -0.15) is 0 Å². The molecule has 2 aliphatic rings. The van der Waals surface area contributed by atoms with Crippen molar-refractivity contribution < 1.29 is 19.8 Å². The highest BCUT2D eigenvalue weighted by Gasteiger charge is 2.59. The summed E-state index contributed by atoms with van der Waals surface area (Å²) in [4.78, 5) is 21.9. The fourth-order valence-corrected chi connectivity index (χ4v) is 2.94. The van der Waals surface area contributed by atoms with Crippen molar-refractivity contribution in [2.75, 3.05) is 0 Å². The number of hydrogen-bond acceptors (Lipinski definition) is 2. The monoisotopic (exact) mass is 184 g/mol. The number of hydrogen-bond donors (Lipinski definition) is 2. The zero-order chi connectivity index (χ0) is 9.64. The molecular weight excluding hydrogens is 172 g/mol. The Morgan fingerprint density at radius 3 is 2.38 bits per heavy atom. The second kappa shape index (κ2) is 2.47. The molecule has 2 N–H and O–H groups in total. The zero-order valence-electron chi connectivity index (χ0n) is 7.19. The lowest BCUT2D eigenvalue weighted by molar-refractivity contribution is -0.160. The summed E-state index contributed by atoms with van der Waals surface area (Å²) in [5.74, 6) is -2.18. The fraction of sp³-hybridized carbons (Fsp3) is 0.778. The highest BCUT2D eigenvalue weighted by Crippen LogP contribution is 2.57. The Hall–Kier alpha value is -1.06. The normalized spacial score (nSPS) is 42.2. The average molecular weight is 184 g/mol. The second-order valence-electron chi connectivity index (χ2n) is 4.20. The molecule has 2 aliphatic carbocycles. The summed E-state index contributed by atoms with van der Waals surface area (Å²) in [5, 5.41) is 17.9. The van der Waals surface area contributed by atoms with E-state index in [2.05, 4.69) is 0 Å². The van der Waals surface area contributed by atoms with E-state index >= 15 is 0 Å². The molecule has 2 fully saturated rings. The fourth-order valence-electron chi connectivity index (χ4n) is 2.94. The molecule has 0 aromatic carbocycles. The van der Waals surface area contributed by atoms with Gasteiger partial charge in [-0.25, -0.2) is 0 Å². The third kappa shape index (κ3) is 0.975. The number of aliphatic carboxylic acids is 2. The van der Waals surface area contributed by atoms with Gasteiger partial charge >= 0.3 is 11.9 Å². The largest absolute Gasteiger partial charge is 0.481 e. The predicted molar refractivity (Wildman–Crippen MR) is 43.2 cm³/mol. The Bertz CT molecular complexity index is 273. The highest BCUT2D eigenvalue weighted by molar-refractivity contribution is 5.84. The van der Waals surface area contributed by atoms with E-state index in [1.165, 1.54) is 0 Å². The lowest BCUT2D eigenvalue weighted by atomic mass is 9.75. The van der Waals surface area contributed by atoms with Crippen molar-refractivity contribution in [1.82, 2.24) is 0 Å². The van der Waals surface area contributed by atoms with E-state index in [9.17, 15) is 9.59 Å². The van der Waals surface area contributed by atoms with E-state index in [0.29, 0.717) is 25.2 Å². The van der Waals surface area contributed by atoms with Crippen LogP contribution in [0.5, 0.6) is 0 Å². The molecule has 0 aromatic heterocycles. The molecule has 0 aromatic rings. The van der Waals surface area contributed by atoms with Crippen LogP contribution in [0.3, 0.4) is 0 Å². The van der Waals surface area contributed by atoms with Crippen LogP contribution in [-0.2, 0) is 9.59 Å². The molecule has 0 spiro atoms. The van der Waals surface area contributed by atoms with Crippen molar-refractivity contribution in [3.8, 4) is 0 Å². The van der Waals surface area contributed by atoms with Crippen LogP contribution in [0, 0.1) is 17.3 Å². The molecule has 13 heavy (non-hydrogen) atoms. The van der Waals surface area contributed by atoms with Gasteiger partial charge in [0.15, 0.2) is 0 Å². The van der Waals surface area contributed by atoms with Crippen molar-refractivity contribution in [2.24, 2.45) is 17.3 Å². The zero-order valence-corrected chi connectivity index (χ0v) is 7.19. The van der Waals surface area contributed by atoms with Gasteiger partial charge in [0.1, 0.15) is 0 Å². The molecule has 2 bridgehead atoms. The van der Waals surface area contributed by atoms with Crippen molar-refractivity contribution >= 4 is 11.9 Å². The van der Waals surface area contributed by atoms with E-state index in [-0.39, 0.29) is 0 Å². The number of carboxylic acids is 2. The summed E-state index contributed by atoms with van der Waals surface area (Å²) in [6.07, 6.45) is 2.56. The van der Waals surface area contributed by atoms with Crippen LogP contribution >= 0.6 is 0 Å². The maximum atomic E-state index is 11.0. The Morgan fingerprint density at radius 2 is 2.00 bits per heavy atom. The SMILES string of the molecule is O=C(O)[C@@H]1C[C@H]2CC[C@@]1(C(=O)O)C2. The predicted octanol–water partition coefficient (Wildman–Crippen LogP) is 0.962. The van der Waals surface area contributed by atoms with Gasteiger partial charge in [0.05, 0.1) is 11.3 Å². The van der Waals surface area contributed by atoms with Gasteiger partial charge in [0.2, 0.25) is 0 Å². The lowest BCUT2D eigenvalue weighted by Crippen LogP contribution is -2.38. The first-order chi connectivity index (χ1) is 6.06. The third-order valence-corrected chi connectivity index (χ3v) is 3.61. The van der Waals surface area contributed by atoms with Gasteiger partial charge in [-0.1, -0.05) is 0 Å². The third-order valence-electron chi connectivity index (χ3n) is 3.61. The van der Waals surface area contributed by atoms with Gasteiger partial charge in [-0.3, -0.25) is 9.59 Å².